The van der Waals surface area contributed by atoms with Crippen molar-refractivity contribution in [2.75, 3.05) is 7.11 Å². The number of nitro groups is 1. The summed E-state index contributed by atoms with van der Waals surface area (Å²) in [6, 6.07) is 11.3. The highest BCUT2D eigenvalue weighted by atomic mass is 16.6. The van der Waals surface area contributed by atoms with E-state index in [-0.39, 0.29) is 11.4 Å². The molecule has 1 aliphatic heterocycles. The third-order valence-electron chi connectivity index (χ3n) is 3.70. The Labute approximate surface area is 143 Å². The number of ether oxygens (including phenoxy) is 2. The van der Waals surface area contributed by atoms with Gasteiger partial charge in [-0.2, -0.15) is 0 Å². The van der Waals surface area contributed by atoms with E-state index in [2.05, 4.69) is 4.99 Å². The standard InChI is InChI=1S/C18H14N2O5/c1-11-3-6-13(20(22)23)9-15(11)19-16-10-17(25-18(16)21)12-4-7-14(24-2)8-5-12/h3-10H,1-2H3. The van der Waals surface area contributed by atoms with Crippen LogP contribution in [0.15, 0.2) is 53.5 Å². The minimum absolute atomic E-state index is 0.0873. The average Bonchev–Trinajstić information content (AvgIpc) is 2.97. The van der Waals surface area contributed by atoms with Crippen molar-refractivity contribution >= 4 is 28.8 Å². The first kappa shape index (κ1) is 16.4. The molecule has 2 aromatic rings. The monoisotopic (exact) mass is 338 g/mol. The molecule has 0 unspecified atom stereocenters. The van der Waals surface area contributed by atoms with Gasteiger partial charge in [-0.15, -0.1) is 0 Å². The van der Waals surface area contributed by atoms with Crippen LogP contribution in [0.4, 0.5) is 11.4 Å². The van der Waals surface area contributed by atoms with Gasteiger partial charge in [-0.3, -0.25) is 10.1 Å². The quantitative estimate of drug-likeness (QED) is 0.483. The molecule has 7 nitrogen and oxygen atoms in total. The Morgan fingerprint density at radius 3 is 2.52 bits per heavy atom. The van der Waals surface area contributed by atoms with E-state index in [0.717, 1.165) is 5.56 Å². The van der Waals surface area contributed by atoms with Crippen LogP contribution in [0, 0.1) is 17.0 Å². The lowest BCUT2D eigenvalue weighted by Crippen LogP contribution is -2.06. The summed E-state index contributed by atoms with van der Waals surface area (Å²) >= 11 is 0. The molecule has 1 aliphatic rings. The maximum Gasteiger partial charge on any atom is 0.362 e. The summed E-state index contributed by atoms with van der Waals surface area (Å²) in [5.74, 6) is 0.459. The second-order valence-electron chi connectivity index (χ2n) is 5.35. The van der Waals surface area contributed by atoms with Crippen LogP contribution in [0.3, 0.4) is 0 Å². The van der Waals surface area contributed by atoms with Crippen molar-refractivity contribution in [3.63, 3.8) is 0 Å². The van der Waals surface area contributed by atoms with Gasteiger partial charge in [0.05, 0.1) is 17.7 Å². The smallest absolute Gasteiger partial charge is 0.362 e. The molecule has 0 spiro atoms. The van der Waals surface area contributed by atoms with E-state index >= 15 is 0 Å². The van der Waals surface area contributed by atoms with E-state index in [1.54, 1.807) is 44.4 Å². The Kier molecular flexibility index (Phi) is 4.30. The predicted molar refractivity (Wildman–Crippen MR) is 92.0 cm³/mol. The van der Waals surface area contributed by atoms with Crippen molar-refractivity contribution < 1.29 is 19.2 Å². The Hall–Kier alpha value is -3.48. The van der Waals surface area contributed by atoms with Crippen LogP contribution in [-0.2, 0) is 9.53 Å². The summed E-state index contributed by atoms with van der Waals surface area (Å²) in [6.07, 6.45) is 1.52. The van der Waals surface area contributed by atoms with Gasteiger partial charge in [0.15, 0.2) is 5.71 Å². The van der Waals surface area contributed by atoms with Gasteiger partial charge in [0, 0.05) is 23.8 Å². The highest BCUT2D eigenvalue weighted by Gasteiger charge is 2.24. The fourth-order valence-electron chi connectivity index (χ4n) is 2.30. The molecule has 126 valence electrons. The Morgan fingerprint density at radius 2 is 1.88 bits per heavy atom. The van der Waals surface area contributed by atoms with Gasteiger partial charge >= 0.3 is 5.97 Å². The first-order valence-electron chi connectivity index (χ1n) is 7.40. The number of nitro benzene ring substituents is 1. The lowest BCUT2D eigenvalue weighted by molar-refractivity contribution is -0.384. The zero-order valence-electron chi connectivity index (χ0n) is 13.6. The first-order chi connectivity index (χ1) is 12.0. The van der Waals surface area contributed by atoms with Gasteiger partial charge in [-0.25, -0.2) is 9.79 Å². The lowest BCUT2D eigenvalue weighted by atomic mass is 10.1. The number of non-ortho nitro benzene ring substituents is 1. The number of nitrogens with zero attached hydrogens (tertiary/aromatic N) is 2. The van der Waals surface area contributed by atoms with Gasteiger partial charge in [0.1, 0.15) is 11.5 Å². The summed E-state index contributed by atoms with van der Waals surface area (Å²) in [6.45, 7) is 1.76. The zero-order valence-corrected chi connectivity index (χ0v) is 13.6. The summed E-state index contributed by atoms with van der Waals surface area (Å²) in [7, 11) is 1.57. The first-order valence-corrected chi connectivity index (χ1v) is 7.40. The highest BCUT2D eigenvalue weighted by molar-refractivity contribution is 6.46. The van der Waals surface area contributed by atoms with E-state index in [9.17, 15) is 14.9 Å². The van der Waals surface area contributed by atoms with Crippen LogP contribution in [0.5, 0.6) is 5.75 Å². The molecule has 0 aromatic heterocycles. The number of hydrogen-bond donors (Lipinski definition) is 0. The van der Waals surface area contributed by atoms with E-state index in [1.807, 2.05) is 0 Å². The number of benzene rings is 2. The molecule has 0 saturated carbocycles. The van der Waals surface area contributed by atoms with Crippen LogP contribution in [0.2, 0.25) is 0 Å². The second kappa shape index (κ2) is 6.56. The van der Waals surface area contributed by atoms with Crippen molar-refractivity contribution in [3.05, 3.63) is 69.8 Å². The average molecular weight is 338 g/mol. The summed E-state index contributed by atoms with van der Waals surface area (Å²) in [5.41, 5.74) is 1.78. The minimum Gasteiger partial charge on any atom is -0.497 e. The summed E-state index contributed by atoms with van der Waals surface area (Å²) in [5, 5.41) is 10.9. The number of carbonyl (C=O) groups excluding carboxylic acids is 1. The van der Waals surface area contributed by atoms with E-state index in [1.165, 1.54) is 18.2 Å². The van der Waals surface area contributed by atoms with Gasteiger partial charge in [-0.1, -0.05) is 6.07 Å². The minimum atomic E-state index is -0.600. The van der Waals surface area contributed by atoms with Crippen molar-refractivity contribution in [2.24, 2.45) is 4.99 Å². The summed E-state index contributed by atoms with van der Waals surface area (Å²) < 4.78 is 10.3. The van der Waals surface area contributed by atoms with Crippen LogP contribution in [0.1, 0.15) is 11.1 Å². The maximum absolute atomic E-state index is 12.1. The molecule has 0 atom stereocenters. The fraction of sp³-hybridized carbons (Fsp3) is 0.111. The second-order valence-corrected chi connectivity index (χ2v) is 5.35. The van der Waals surface area contributed by atoms with E-state index in [0.29, 0.717) is 22.8 Å². The van der Waals surface area contributed by atoms with Crippen molar-refractivity contribution in [2.45, 2.75) is 6.92 Å². The van der Waals surface area contributed by atoms with E-state index < -0.39 is 10.9 Å². The van der Waals surface area contributed by atoms with Crippen molar-refractivity contribution in [1.82, 2.24) is 0 Å². The number of aliphatic imine (C=N–C) groups is 1. The normalized spacial score (nSPS) is 15.0. The molecule has 0 radical (unpaired) electrons. The van der Waals surface area contributed by atoms with E-state index in [4.69, 9.17) is 9.47 Å². The maximum atomic E-state index is 12.1. The molecule has 3 rings (SSSR count). The number of carbonyl (C=O) groups is 1. The molecule has 25 heavy (non-hydrogen) atoms. The highest BCUT2D eigenvalue weighted by Crippen LogP contribution is 2.28. The molecule has 1 heterocycles. The molecule has 0 N–H and O–H groups in total. The van der Waals surface area contributed by atoms with Crippen LogP contribution in [-0.4, -0.2) is 23.7 Å². The predicted octanol–water partition coefficient (Wildman–Crippen LogP) is 3.58. The number of methoxy groups -OCH3 is 1. The topological polar surface area (TPSA) is 91.0 Å². The van der Waals surface area contributed by atoms with Gasteiger partial charge in [0.2, 0.25) is 0 Å². The molecule has 7 heteroatoms. The third kappa shape index (κ3) is 3.40. The fourth-order valence-corrected chi connectivity index (χ4v) is 2.30. The molecule has 0 amide bonds. The molecular formula is C18H14N2O5. The Balaban J connectivity index is 1.95. The third-order valence-corrected chi connectivity index (χ3v) is 3.70. The number of rotatable bonds is 4. The van der Waals surface area contributed by atoms with Crippen LogP contribution < -0.4 is 4.74 Å². The molecular weight excluding hydrogens is 324 g/mol. The SMILES string of the molecule is COc1ccc(C2=CC(=Nc3cc([N+](=O)[O-])ccc3C)C(=O)O2)cc1. The molecule has 0 aliphatic carbocycles. The van der Waals surface area contributed by atoms with Gasteiger partial charge < -0.3 is 9.47 Å². The number of hydrogen-bond acceptors (Lipinski definition) is 6. The number of cyclic esters (lactones) is 1. The number of aryl methyl sites for hydroxylation is 1. The van der Waals surface area contributed by atoms with Crippen molar-refractivity contribution in [1.29, 1.82) is 0 Å². The van der Waals surface area contributed by atoms with Crippen molar-refractivity contribution in [3.8, 4) is 5.75 Å². The number of esters is 1. The van der Waals surface area contributed by atoms with Crippen LogP contribution >= 0.6 is 0 Å². The molecule has 0 saturated heterocycles. The Bertz CT molecular complexity index is 914. The van der Waals surface area contributed by atoms with Gasteiger partial charge in [0.25, 0.3) is 5.69 Å². The largest absolute Gasteiger partial charge is 0.497 e. The van der Waals surface area contributed by atoms with Crippen LogP contribution in [0.25, 0.3) is 5.76 Å². The lowest BCUT2D eigenvalue weighted by Gasteiger charge is -2.03. The molecule has 2 aromatic carbocycles. The van der Waals surface area contributed by atoms with Gasteiger partial charge in [-0.05, 0) is 36.8 Å². The molecule has 0 fully saturated rings. The zero-order chi connectivity index (χ0) is 18.0. The molecule has 0 bridgehead atoms. The summed E-state index contributed by atoms with van der Waals surface area (Å²) in [4.78, 5) is 26.7. The Morgan fingerprint density at radius 1 is 1.16 bits per heavy atom.